The average Bonchev–Trinajstić information content (AvgIpc) is 3.22. The molecular weight excluding hydrogens is 364 g/mol. The van der Waals surface area contributed by atoms with Crippen LogP contribution in [0.25, 0.3) is 10.2 Å². The zero-order valence-corrected chi connectivity index (χ0v) is 15.1. The number of anilines is 1. The summed E-state index contributed by atoms with van der Waals surface area (Å²) < 4.78 is 6.53. The second-order valence-electron chi connectivity index (χ2n) is 6.05. The smallest absolute Gasteiger partial charge is 0.340 e. The Morgan fingerprint density at radius 3 is 2.70 bits per heavy atom. The summed E-state index contributed by atoms with van der Waals surface area (Å²) in [5.41, 5.74) is 1.57. The number of ether oxygens (including phenoxy) is 1. The number of carbonyl (C=O) groups excluding carboxylic acids is 2. The van der Waals surface area contributed by atoms with E-state index in [1.807, 2.05) is 30.3 Å². The fourth-order valence-electron chi connectivity index (χ4n) is 2.83. The summed E-state index contributed by atoms with van der Waals surface area (Å²) in [7, 11) is 1.65. The van der Waals surface area contributed by atoms with Crippen LogP contribution in [0, 0.1) is 11.3 Å². The van der Waals surface area contributed by atoms with Gasteiger partial charge < -0.3 is 9.64 Å². The van der Waals surface area contributed by atoms with E-state index < -0.39 is 12.2 Å². The molecule has 1 atom stereocenters. The van der Waals surface area contributed by atoms with Crippen LogP contribution >= 0.6 is 11.3 Å². The fourth-order valence-corrected chi connectivity index (χ4v) is 3.83. The third-order valence-corrected chi connectivity index (χ3v) is 5.27. The van der Waals surface area contributed by atoms with Gasteiger partial charge in [0, 0.05) is 7.05 Å². The van der Waals surface area contributed by atoms with Crippen molar-refractivity contribution < 1.29 is 14.3 Å². The van der Waals surface area contributed by atoms with Crippen molar-refractivity contribution in [3.05, 3.63) is 59.7 Å². The number of hydrogen-bond donors (Lipinski definition) is 0. The monoisotopic (exact) mass is 378 g/mol. The number of para-hydroxylation sites is 1. The quantitative estimate of drug-likeness (QED) is 0.653. The third-order valence-electron chi connectivity index (χ3n) is 4.23. The number of rotatable bonds is 3. The van der Waals surface area contributed by atoms with E-state index in [2.05, 4.69) is 4.98 Å². The predicted octanol–water partition coefficient (Wildman–Crippen LogP) is 3.22. The molecular formula is C19H14N4O3S. The number of aromatic nitrogens is 1. The van der Waals surface area contributed by atoms with E-state index in [-0.39, 0.29) is 12.6 Å². The Morgan fingerprint density at radius 1 is 1.26 bits per heavy atom. The summed E-state index contributed by atoms with van der Waals surface area (Å²) in [6.07, 6.45) is -0.772. The van der Waals surface area contributed by atoms with Crippen molar-refractivity contribution >= 4 is 38.7 Å². The van der Waals surface area contributed by atoms with Gasteiger partial charge in [0.15, 0.2) is 5.13 Å². The number of thiazole rings is 1. The van der Waals surface area contributed by atoms with E-state index in [4.69, 9.17) is 10.00 Å². The second kappa shape index (κ2) is 6.70. The molecule has 134 valence electrons. The molecule has 1 fully saturated rings. The number of nitrogens with zero attached hydrogens (tertiary/aromatic N) is 4. The van der Waals surface area contributed by atoms with Gasteiger partial charge in [-0.1, -0.05) is 23.5 Å². The first-order chi connectivity index (χ1) is 13.1. The Balaban J connectivity index is 1.61. The van der Waals surface area contributed by atoms with Crippen LogP contribution in [0.2, 0.25) is 0 Å². The molecule has 0 bridgehead atoms. The van der Waals surface area contributed by atoms with Gasteiger partial charge in [-0.25, -0.2) is 19.5 Å². The zero-order valence-electron chi connectivity index (χ0n) is 14.3. The van der Waals surface area contributed by atoms with Gasteiger partial charge in [-0.3, -0.25) is 0 Å². The number of hydrogen-bond acceptors (Lipinski definition) is 6. The van der Waals surface area contributed by atoms with Gasteiger partial charge in [0.2, 0.25) is 6.23 Å². The minimum atomic E-state index is -0.772. The molecule has 0 spiro atoms. The number of urea groups is 1. The third kappa shape index (κ3) is 3.09. The van der Waals surface area contributed by atoms with Crippen molar-refractivity contribution in [2.24, 2.45) is 0 Å². The van der Waals surface area contributed by atoms with E-state index in [1.54, 1.807) is 19.2 Å². The van der Waals surface area contributed by atoms with Crippen molar-refractivity contribution in [3.63, 3.8) is 0 Å². The van der Waals surface area contributed by atoms with Crippen LogP contribution < -0.4 is 4.90 Å². The molecule has 3 aromatic rings. The number of carbonyl (C=O) groups is 2. The summed E-state index contributed by atoms with van der Waals surface area (Å²) in [6.45, 7) is 0.247. The van der Waals surface area contributed by atoms with Gasteiger partial charge in [-0.05, 0) is 36.4 Å². The van der Waals surface area contributed by atoms with Gasteiger partial charge in [0.25, 0.3) is 0 Å². The van der Waals surface area contributed by atoms with Crippen molar-refractivity contribution in [2.75, 3.05) is 18.5 Å². The molecule has 2 heterocycles. The average molecular weight is 378 g/mol. The maximum Gasteiger partial charge on any atom is 0.340 e. The number of likely N-dealkylation sites (N-methyl/N-ethyl adjacent to an activating group) is 1. The lowest BCUT2D eigenvalue weighted by molar-refractivity contribution is 0.0331. The molecule has 0 saturated carbocycles. The zero-order chi connectivity index (χ0) is 19.0. The summed E-state index contributed by atoms with van der Waals surface area (Å²) in [6, 6.07) is 15.5. The van der Waals surface area contributed by atoms with Gasteiger partial charge in [0.05, 0.1) is 34.0 Å². The predicted molar refractivity (Wildman–Crippen MR) is 100 cm³/mol. The summed E-state index contributed by atoms with van der Waals surface area (Å²) in [5, 5.41) is 9.34. The first-order valence-corrected chi connectivity index (χ1v) is 8.99. The van der Waals surface area contributed by atoms with Gasteiger partial charge in [-0.2, -0.15) is 5.26 Å². The number of benzene rings is 2. The van der Waals surface area contributed by atoms with E-state index in [9.17, 15) is 9.59 Å². The number of esters is 1. The molecule has 1 unspecified atom stereocenters. The number of amides is 2. The van der Waals surface area contributed by atoms with Crippen LogP contribution in [0.3, 0.4) is 0 Å². The molecule has 1 aliphatic heterocycles. The van der Waals surface area contributed by atoms with Gasteiger partial charge in [-0.15, -0.1) is 0 Å². The van der Waals surface area contributed by atoms with Crippen LogP contribution in [-0.4, -0.2) is 41.7 Å². The molecule has 0 radical (unpaired) electrons. The highest BCUT2D eigenvalue weighted by Gasteiger charge is 2.40. The molecule has 8 heteroatoms. The van der Waals surface area contributed by atoms with E-state index in [1.165, 1.54) is 33.3 Å². The van der Waals surface area contributed by atoms with Gasteiger partial charge >= 0.3 is 12.0 Å². The van der Waals surface area contributed by atoms with Crippen LogP contribution in [-0.2, 0) is 4.74 Å². The second-order valence-corrected chi connectivity index (χ2v) is 7.06. The maximum absolute atomic E-state index is 12.6. The first kappa shape index (κ1) is 17.0. The summed E-state index contributed by atoms with van der Waals surface area (Å²) in [5.74, 6) is -0.557. The first-order valence-electron chi connectivity index (χ1n) is 8.18. The molecule has 2 aromatic carbocycles. The van der Waals surface area contributed by atoms with Crippen molar-refractivity contribution in [1.29, 1.82) is 5.26 Å². The molecule has 27 heavy (non-hydrogen) atoms. The Morgan fingerprint density at radius 2 is 2.00 bits per heavy atom. The molecule has 0 aliphatic carbocycles. The van der Waals surface area contributed by atoms with Gasteiger partial charge in [0.1, 0.15) is 0 Å². The van der Waals surface area contributed by atoms with Crippen molar-refractivity contribution in [3.8, 4) is 6.07 Å². The minimum absolute atomic E-state index is 0.247. The van der Waals surface area contributed by atoms with Crippen LogP contribution in [0.1, 0.15) is 15.9 Å². The van der Waals surface area contributed by atoms with Crippen molar-refractivity contribution in [2.45, 2.75) is 6.23 Å². The molecule has 1 aromatic heterocycles. The highest BCUT2D eigenvalue weighted by atomic mass is 32.1. The molecule has 0 N–H and O–H groups in total. The van der Waals surface area contributed by atoms with Crippen LogP contribution in [0.4, 0.5) is 9.93 Å². The SMILES string of the molecule is CN1CC(OC(=O)c2ccc(C#N)cc2)N(c2nc3ccccc3s2)C1=O. The topological polar surface area (TPSA) is 86.5 Å². The number of nitriles is 1. The number of fused-ring (bicyclic) bond motifs is 1. The largest absolute Gasteiger partial charge is 0.435 e. The lowest BCUT2D eigenvalue weighted by atomic mass is 10.1. The van der Waals surface area contributed by atoms with E-state index in [0.29, 0.717) is 16.3 Å². The maximum atomic E-state index is 12.6. The van der Waals surface area contributed by atoms with E-state index >= 15 is 0 Å². The molecule has 1 aliphatic rings. The lowest BCUT2D eigenvalue weighted by Crippen LogP contribution is -2.37. The Hall–Kier alpha value is -3.44. The Bertz CT molecular complexity index is 1040. The molecule has 7 nitrogen and oxygen atoms in total. The minimum Gasteiger partial charge on any atom is -0.435 e. The molecule has 1 saturated heterocycles. The Labute approximate surface area is 159 Å². The van der Waals surface area contributed by atoms with E-state index in [0.717, 1.165) is 10.2 Å². The normalized spacial score (nSPS) is 16.6. The van der Waals surface area contributed by atoms with Crippen molar-refractivity contribution in [1.82, 2.24) is 9.88 Å². The Kier molecular flexibility index (Phi) is 4.22. The summed E-state index contributed by atoms with van der Waals surface area (Å²) >= 11 is 1.37. The standard InChI is InChI=1S/C19H14N4O3S/c1-22-11-16(26-17(24)13-8-6-12(10-20)7-9-13)23(19(22)25)18-21-14-4-2-3-5-15(14)27-18/h2-9,16H,11H2,1H3. The molecule has 2 amide bonds. The highest BCUT2D eigenvalue weighted by molar-refractivity contribution is 7.22. The summed E-state index contributed by atoms with van der Waals surface area (Å²) in [4.78, 5) is 32.5. The lowest BCUT2D eigenvalue weighted by Gasteiger charge is -2.20. The van der Waals surface area contributed by atoms with Crippen LogP contribution in [0.15, 0.2) is 48.5 Å². The fraction of sp³-hybridized carbons (Fsp3) is 0.158. The highest BCUT2D eigenvalue weighted by Crippen LogP contribution is 2.33. The van der Waals surface area contributed by atoms with Crippen LogP contribution in [0.5, 0.6) is 0 Å². The molecule has 4 rings (SSSR count).